The van der Waals surface area contributed by atoms with E-state index < -0.39 is 0 Å². The number of hydrogen-bond donors (Lipinski definition) is 1. The summed E-state index contributed by atoms with van der Waals surface area (Å²) < 4.78 is 1.93. The summed E-state index contributed by atoms with van der Waals surface area (Å²) in [5.41, 5.74) is 7.71. The summed E-state index contributed by atoms with van der Waals surface area (Å²) in [7, 11) is 0. The van der Waals surface area contributed by atoms with Gasteiger partial charge in [0.2, 0.25) is 4.96 Å². The van der Waals surface area contributed by atoms with Crippen LogP contribution in [-0.4, -0.2) is 19.8 Å². The number of hydrogen-bond acceptors (Lipinski definition) is 5. The molecule has 0 amide bonds. The number of benzene rings is 1. The van der Waals surface area contributed by atoms with Crippen molar-refractivity contribution in [1.82, 2.24) is 19.8 Å². The van der Waals surface area contributed by atoms with Gasteiger partial charge in [0.1, 0.15) is 5.01 Å². The molecule has 1 fully saturated rings. The number of nitrogen functional groups attached to an aromatic ring is 1. The largest absolute Gasteiger partial charge is 0.399 e. The molecule has 2 aromatic heterocycles. The Kier molecular flexibility index (Phi) is 2.70. The van der Waals surface area contributed by atoms with E-state index in [9.17, 15) is 0 Å². The van der Waals surface area contributed by atoms with E-state index in [1.807, 2.05) is 28.8 Å². The number of anilines is 1. The number of nitrogens with two attached hydrogens (primary N) is 1. The average Bonchev–Trinajstić information content (AvgIpc) is 2.92. The Labute approximate surface area is 120 Å². The van der Waals surface area contributed by atoms with Gasteiger partial charge in [-0.1, -0.05) is 29.9 Å². The smallest absolute Gasteiger partial charge is 0.234 e. The van der Waals surface area contributed by atoms with Gasteiger partial charge in [0.15, 0.2) is 5.82 Å². The number of nitrogens with zero attached hydrogens (tertiary/aromatic N) is 4. The van der Waals surface area contributed by atoms with Crippen LogP contribution in [0, 0.1) is 0 Å². The van der Waals surface area contributed by atoms with Gasteiger partial charge in [0.25, 0.3) is 0 Å². The molecule has 0 aliphatic heterocycles. The molecule has 4 rings (SSSR count). The van der Waals surface area contributed by atoms with E-state index in [4.69, 9.17) is 5.73 Å². The fourth-order valence-electron chi connectivity index (χ4n) is 2.47. The Balaban J connectivity index is 1.63. The van der Waals surface area contributed by atoms with Gasteiger partial charge in [0.05, 0.1) is 0 Å². The summed E-state index contributed by atoms with van der Waals surface area (Å²) in [6, 6.07) is 7.94. The van der Waals surface area contributed by atoms with Crippen LogP contribution in [0.2, 0.25) is 0 Å². The molecule has 0 saturated heterocycles. The monoisotopic (exact) mass is 285 g/mol. The highest BCUT2D eigenvalue weighted by molar-refractivity contribution is 7.16. The minimum atomic E-state index is 0.552. The molecule has 5 nitrogen and oxygen atoms in total. The van der Waals surface area contributed by atoms with Crippen LogP contribution < -0.4 is 5.73 Å². The van der Waals surface area contributed by atoms with Gasteiger partial charge in [0, 0.05) is 18.0 Å². The Morgan fingerprint density at radius 2 is 2.00 bits per heavy atom. The molecule has 0 bridgehead atoms. The predicted octanol–water partition coefficient (Wildman–Crippen LogP) is 2.63. The molecule has 102 valence electrons. The third kappa shape index (κ3) is 1.96. The fourth-order valence-corrected chi connectivity index (χ4v) is 3.35. The molecule has 2 N–H and O–H groups in total. The maximum absolute atomic E-state index is 5.70. The van der Waals surface area contributed by atoms with Crippen LogP contribution in [0.4, 0.5) is 5.69 Å². The summed E-state index contributed by atoms with van der Waals surface area (Å²) in [4.78, 5) is 0.900. The lowest BCUT2D eigenvalue weighted by molar-refractivity contribution is 0.395. The van der Waals surface area contributed by atoms with Gasteiger partial charge in [-0.3, -0.25) is 0 Å². The topological polar surface area (TPSA) is 69.1 Å². The second kappa shape index (κ2) is 4.56. The van der Waals surface area contributed by atoms with E-state index in [1.165, 1.54) is 24.8 Å². The van der Waals surface area contributed by atoms with Gasteiger partial charge in [-0.15, -0.1) is 10.2 Å². The van der Waals surface area contributed by atoms with E-state index in [0.29, 0.717) is 5.92 Å². The van der Waals surface area contributed by atoms with E-state index in [-0.39, 0.29) is 0 Å². The van der Waals surface area contributed by atoms with Gasteiger partial charge < -0.3 is 5.73 Å². The van der Waals surface area contributed by atoms with Crippen molar-refractivity contribution < 1.29 is 0 Å². The maximum Gasteiger partial charge on any atom is 0.234 e. The zero-order valence-electron chi connectivity index (χ0n) is 11.0. The number of rotatable bonds is 3. The molecule has 0 radical (unpaired) electrons. The van der Waals surface area contributed by atoms with E-state index in [0.717, 1.165) is 27.9 Å². The van der Waals surface area contributed by atoms with E-state index >= 15 is 0 Å². The van der Waals surface area contributed by atoms with Crippen molar-refractivity contribution in [3.8, 4) is 0 Å². The Bertz CT molecular complexity index is 739. The second-order valence-corrected chi connectivity index (χ2v) is 6.34. The van der Waals surface area contributed by atoms with Crippen LogP contribution in [-0.2, 0) is 6.42 Å². The summed E-state index contributed by atoms with van der Waals surface area (Å²) >= 11 is 1.62. The molecule has 1 aliphatic carbocycles. The van der Waals surface area contributed by atoms with Crippen molar-refractivity contribution in [2.24, 2.45) is 0 Å². The first-order valence-electron chi connectivity index (χ1n) is 6.85. The van der Waals surface area contributed by atoms with Crippen molar-refractivity contribution in [1.29, 1.82) is 0 Å². The standard InChI is InChI=1S/C14H15N5S/c15-11-6-4-9(5-7-11)8-12-18-19-13(10-2-1-3-10)16-17-14(19)20-12/h4-7,10H,1-3,8,15H2. The molecular formula is C14H15N5S. The zero-order valence-corrected chi connectivity index (χ0v) is 11.8. The highest BCUT2D eigenvalue weighted by atomic mass is 32.1. The Morgan fingerprint density at radius 1 is 1.20 bits per heavy atom. The van der Waals surface area contributed by atoms with Crippen LogP contribution in [0.25, 0.3) is 4.96 Å². The quantitative estimate of drug-likeness (QED) is 0.751. The van der Waals surface area contributed by atoms with Gasteiger partial charge in [-0.2, -0.15) is 9.61 Å². The van der Waals surface area contributed by atoms with Crippen LogP contribution in [0.1, 0.15) is 41.6 Å². The minimum Gasteiger partial charge on any atom is -0.399 e. The van der Waals surface area contributed by atoms with Crippen molar-refractivity contribution >= 4 is 22.0 Å². The lowest BCUT2D eigenvalue weighted by atomic mass is 9.85. The van der Waals surface area contributed by atoms with Crippen LogP contribution in [0.15, 0.2) is 24.3 Å². The van der Waals surface area contributed by atoms with Crippen LogP contribution in [0.3, 0.4) is 0 Å². The van der Waals surface area contributed by atoms with Crippen molar-refractivity contribution in [2.45, 2.75) is 31.6 Å². The minimum absolute atomic E-state index is 0.552. The SMILES string of the molecule is Nc1ccc(Cc2nn3c(C4CCC4)nnc3s2)cc1. The first-order chi connectivity index (χ1) is 9.79. The highest BCUT2D eigenvalue weighted by Gasteiger charge is 2.26. The maximum atomic E-state index is 5.70. The lowest BCUT2D eigenvalue weighted by Crippen LogP contribution is -2.13. The van der Waals surface area contributed by atoms with Gasteiger partial charge in [-0.25, -0.2) is 0 Å². The molecule has 1 aliphatic rings. The molecule has 0 unspecified atom stereocenters. The molecule has 20 heavy (non-hydrogen) atoms. The average molecular weight is 285 g/mol. The molecule has 2 heterocycles. The predicted molar refractivity (Wildman–Crippen MR) is 78.9 cm³/mol. The Hall–Kier alpha value is -1.95. The van der Waals surface area contributed by atoms with Crippen LogP contribution in [0.5, 0.6) is 0 Å². The number of fused-ring (bicyclic) bond motifs is 1. The molecule has 3 aromatic rings. The molecule has 0 atom stereocenters. The second-order valence-electron chi connectivity index (χ2n) is 5.29. The van der Waals surface area contributed by atoms with Crippen molar-refractivity contribution in [2.75, 3.05) is 5.73 Å². The molecule has 6 heteroatoms. The summed E-state index contributed by atoms with van der Waals surface area (Å²) in [5, 5.41) is 14.3. The van der Waals surface area contributed by atoms with E-state index in [1.54, 1.807) is 11.3 Å². The fraction of sp³-hybridized carbons (Fsp3) is 0.357. The van der Waals surface area contributed by atoms with Crippen molar-refractivity contribution in [3.63, 3.8) is 0 Å². The van der Waals surface area contributed by atoms with Crippen LogP contribution >= 0.6 is 11.3 Å². The molecular weight excluding hydrogens is 270 g/mol. The first-order valence-corrected chi connectivity index (χ1v) is 7.67. The first kappa shape index (κ1) is 11.8. The molecule has 1 saturated carbocycles. The Morgan fingerprint density at radius 3 is 2.70 bits per heavy atom. The van der Waals surface area contributed by atoms with Gasteiger partial charge in [-0.05, 0) is 30.5 Å². The third-order valence-electron chi connectivity index (χ3n) is 3.86. The third-order valence-corrected chi connectivity index (χ3v) is 4.76. The van der Waals surface area contributed by atoms with Gasteiger partial charge >= 0.3 is 0 Å². The molecule has 1 aromatic carbocycles. The normalized spacial score (nSPS) is 15.6. The summed E-state index contributed by atoms with van der Waals surface area (Å²) in [5.74, 6) is 1.59. The van der Waals surface area contributed by atoms with Crippen molar-refractivity contribution in [3.05, 3.63) is 40.7 Å². The summed E-state index contributed by atoms with van der Waals surface area (Å²) in [6.07, 6.45) is 4.54. The van der Waals surface area contributed by atoms with E-state index in [2.05, 4.69) is 15.3 Å². The highest BCUT2D eigenvalue weighted by Crippen LogP contribution is 2.35. The molecule has 0 spiro atoms. The summed E-state index contributed by atoms with van der Waals surface area (Å²) in [6.45, 7) is 0. The lowest BCUT2D eigenvalue weighted by Gasteiger charge is -2.22. The zero-order chi connectivity index (χ0) is 13.5. The number of aromatic nitrogens is 4.